The number of nitrogens with one attached hydrogen (secondary N) is 1. The van der Waals surface area contributed by atoms with Crippen LogP contribution in [-0.4, -0.2) is 4.98 Å². The summed E-state index contributed by atoms with van der Waals surface area (Å²) in [6.07, 6.45) is 9.78. The van der Waals surface area contributed by atoms with Crippen LogP contribution in [0.15, 0.2) is 41.4 Å². The summed E-state index contributed by atoms with van der Waals surface area (Å²) < 4.78 is 0. The molecule has 1 N–H and O–H groups in total. The van der Waals surface area contributed by atoms with Crippen molar-refractivity contribution in [3.05, 3.63) is 63.5 Å². The highest BCUT2D eigenvalue weighted by atomic mass is 16.1. The lowest BCUT2D eigenvalue weighted by atomic mass is 9.98. The third kappa shape index (κ3) is 2.14. The highest BCUT2D eigenvalue weighted by molar-refractivity contribution is 5.86. The van der Waals surface area contributed by atoms with Gasteiger partial charge in [-0.25, -0.2) is 0 Å². The zero-order valence-electron chi connectivity index (χ0n) is 10.9. The predicted molar refractivity (Wildman–Crippen MR) is 77.9 cm³/mol. The van der Waals surface area contributed by atoms with Gasteiger partial charge in [0, 0.05) is 17.6 Å². The Morgan fingerprint density at radius 3 is 2.72 bits per heavy atom. The van der Waals surface area contributed by atoms with Gasteiger partial charge in [0.2, 0.25) is 0 Å². The smallest absolute Gasteiger partial charge is 0.189 e. The van der Waals surface area contributed by atoms with Gasteiger partial charge in [-0.3, -0.25) is 4.79 Å². The molecule has 0 saturated carbocycles. The minimum atomic E-state index is 0.0685. The number of pyridine rings is 1. The number of H-pyrrole nitrogens is 1. The molecule has 0 radical (unpaired) electrons. The van der Waals surface area contributed by atoms with Crippen LogP contribution in [0.3, 0.4) is 0 Å². The number of aryl methyl sites for hydroxylation is 2. The molecule has 1 aromatic carbocycles. The average Bonchev–Trinajstić information content (AvgIpc) is 2.35. The van der Waals surface area contributed by atoms with Crippen LogP contribution in [0.5, 0.6) is 0 Å². The van der Waals surface area contributed by atoms with Crippen molar-refractivity contribution in [3.63, 3.8) is 0 Å². The van der Waals surface area contributed by atoms with Gasteiger partial charge in [-0.15, -0.1) is 0 Å². The summed E-state index contributed by atoms with van der Waals surface area (Å²) in [5.41, 5.74) is 4.40. The van der Waals surface area contributed by atoms with Gasteiger partial charge < -0.3 is 4.98 Å². The van der Waals surface area contributed by atoms with E-state index >= 15 is 0 Å². The Kier molecular flexibility index (Phi) is 3.47. The fourth-order valence-corrected chi connectivity index (χ4v) is 2.19. The molecule has 2 rings (SSSR count). The largest absolute Gasteiger partial charge is 0.361 e. The molecule has 0 saturated heterocycles. The van der Waals surface area contributed by atoms with Crippen LogP contribution in [0.2, 0.25) is 0 Å². The Morgan fingerprint density at radius 2 is 2.00 bits per heavy atom. The first-order valence-corrected chi connectivity index (χ1v) is 6.06. The molecule has 2 heteroatoms. The van der Waals surface area contributed by atoms with Crippen LogP contribution in [0.25, 0.3) is 17.0 Å². The number of aromatic nitrogens is 1. The van der Waals surface area contributed by atoms with Crippen molar-refractivity contribution in [1.29, 1.82) is 0 Å². The van der Waals surface area contributed by atoms with Gasteiger partial charge in [0.25, 0.3) is 0 Å². The molecule has 0 fully saturated rings. The summed E-state index contributed by atoms with van der Waals surface area (Å²) in [5, 5.41) is 0.760. The molecule has 0 amide bonds. The van der Waals surface area contributed by atoms with E-state index in [1.807, 2.05) is 45.1 Å². The van der Waals surface area contributed by atoms with E-state index in [0.29, 0.717) is 0 Å². The quantitative estimate of drug-likeness (QED) is 0.796. The molecule has 0 unspecified atom stereocenters. The van der Waals surface area contributed by atoms with E-state index in [1.54, 1.807) is 12.3 Å². The Balaban J connectivity index is 2.73. The van der Waals surface area contributed by atoms with Crippen LogP contribution >= 0.6 is 0 Å². The van der Waals surface area contributed by atoms with Gasteiger partial charge in [-0.2, -0.15) is 0 Å². The van der Waals surface area contributed by atoms with E-state index in [0.717, 1.165) is 22.0 Å². The third-order valence-corrected chi connectivity index (χ3v) is 3.13. The standard InChI is InChI=1S/C16H17NO/c1-4-5-6-7-13-11(2)10-14-15(18)8-9-17-16(14)12(13)3/h4-10H,1-3H3,(H,17,18)/b5-4+,7-6+. The highest BCUT2D eigenvalue weighted by Crippen LogP contribution is 2.22. The van der Waals surface area contributed by atoms with Crippen molar-refractivity contribution in [2.45, 2.75) is 20.8 Å². The second-order valence-electron chi connectivity index (χ2n) is 4.38. The summed E-state index contributed by atoms with van der Waals surface area (Å²) in [6.45, 7) is 6.07. The Labute approximate surface area is 107 Å². The van der Waals surface area contributed by atoms with Crippen molar-refractivity contribution in [2.75, 3.05) is 0 Å². The summed E-state index contributed by atoms with van der Waals surface area (Å²) >= 11 is 0. The summed E-state index contributed by atoms with van der Waals surface area (Å²) in [7, 11) is 0. The molecule has 1 heterocycles. The van der Waals surface area contributed by atoms with Gasteiger partial charge in [0.1, 0.15) is 0 Å². The number of rotatable bonds is 2. The zero-order chi connectivity index (χ0) is 13.1. The number of hydrogen-bond donors (Lipinski definition) is 1. The van der Waals surface area contributed by atoms with E-state index in [2.05, 4.69) is 11.1 Å². The molecule has 18 heavy (non-hydrogen) atoms. The lowest BCUT2D eigenvalue weighted by molar-refractivity contribution is 1.31. The maximum atomic E-state index is 11.8. The molecule has 92 valence electrons. The Morgan fingerprint density at radius 1 is 1.22 bits per heavy atom. The van der Waals surface area contributed by atoms with Gasteiger partial charge >= 0.3 is 0 Å². The van der Waals surface area contributed by atoms with E-state index in [9.17, 15) is 4.79 Å². The molecule has 0 bridgehead atoms. The Bertz CT molecular complexity index is 690. The first-order chi connectivity index (χ1) is 8.65. The minimum Gasteiger partial charge on any atom is -0.361 e. The predicted octanol–water partition coefficient (Wildman–Crippen LogP) is 3.73. The number of hydrogen-bond acceptors (Lipinski definition) is 1. The van der Waals surface area contributed by atoms with Gasteiger partial charge in [0.05, 0.1) is 5.52 Å². The maximum Gasteiger partial charge on any atom is 0.189 e. The van der Waals surface area contributed by atoms with Crippen LogP contribution in [0.1, 0.15) is 23.6 Å². The first kappa shape index (κ1) is 12.4. The van der Waals surface area contributed by atoms with Crippen molar-refractivity contribution >= 4 is 17.0 Å². The molecule has 2 aromatic rings. The van der Waals surface area contributed by atoms with Gasteiger partial charge in [-0.05, 0) is 43.5 Å². The zero-order valence-corrected chi connectivity index (χ0v) is 10.9. The second-order valence-corrected chi connectivity index (χ2v) is 4.38. The van der Waals surface area contributed by atoms with E-state index in [-0.39, 0.29) is 5.43 Å². The van der Waals surface area contributed by atoms with E-state index in [4.69, 9.17) is 0 Å². The monoisotopic (exact) mass is 239 g/mol. The number of benzene rings is 1. The lowest BCUT2D eigenvalue weighted by Gasteiger charge is -2.09. The SMILES string of the molecule is C/C=C/C=C/c1c(C)cc2c(=O)cc[nH]c2c1C. The minimum absolute atomic E-state index is 0.0685. The fraction of sp³-hybridized carbons (Fsp3) is 0.188. The summed E-state index contributed by atoms with van der Waals surface area (Å²) in [5.74, 6) is 0. The van der Waals surface area contributed by atoms with Crippen molar-refractivity contribution < 1.29 is 0 Å². The average molecular weight is 239 g/mol. The molecular weight excluding hydrogens is 222 g/mol. The number of fused-ring (bicyclic) bond motifs is 1. The molecule has 0 aliphatic rings. The van der Waals surface area contributed by atoms with E-state index < -0.39 is 0 Å². The number of aromatic amines is 1. The number of allylic oxidation sites excluding steroid dienone is 3. The van der Waals surface area contributed by atoms with Crippen LogP contribution < -0.4 is 5.43 Å². The maximum absolute atomic E-state index is 11.8. The Hall–Kier alpha value is -2.09. The van der Waals surface area contributed by atoms with E-state index in [1.165, 1.54) is 5.56 Å². The second kappa shape index (κ2) is 5.05. The molecule has 0 aliphatic carbocycles. The normalized spacial score (nSPS) is 11.9. The summed E-state index contributed by atoms with van der Waals surface area (Å²) in [4.78, 5) is 15.0. The fourth-order valence-electron chi connectivity index (χ4n) is 2.19. The molecular formula is C16H17NO. The van der Waals surface area contributed by atoms with Gasteiger partial charge in [-0.1, -0.05) is 24.3 Å². The molecule has 0 aliphatic heterocycles. The molecule has 0 spiro atoms. The molecule has 2 nitrogen and oxygen atoms in total. The van der Waals surface area contributed by atoms with Crippen molar-refractivity contribution in [1.82, 2.24) is 4.98 Å². The van der Waals surface area contributed by atoms with Crippen LogP contribution in [0.4, 0.5) is 0 Å². The third-order valence-electron chi connectivity index (χ3n) is 3.13. The van der Waals surface area contributed by atoms with Gasteiger partial charge in [0.15, 0.2) is 5.43 Å². The summed E-state index contributed by atoms with van der Waals surface area (Å²) in [6, 6.07) is 3.52. The van der Waals surface area contributed by atoms with Crippen molar-refractivity contribution in [3.8, 4) is 0 Å². The first-order valence-electron chi connectivity index (χ1n) is 6.06. The molecule has 0 atom stereocenters. The highest BCUT2D eigenvalue weighted by Gasteiger charge is 2.07. The van der Waals surface area contributed by atoms with Crippen LogP contribution in [-0.2, 0) is 0 Å². The van der Waals surface area contributed by atoms with Crippen molar-refractivity contribution in [2.24, 2.45) is 0 Å². The van der Waals surface area contributed by atoms with Crippen LogP contribution in [0, 0.1) is 13.8 Å². The topological polar surface area (TPSA) is 32.9 Å². The lowest BCUT2D eigenvalue weighted by Crippen LogP contribution is -2.03. The molecule has 1 aromatic heterocycles.